The van der Waals surface area contributed by atoms with Gasteiger partial charge in [0.2, 0.25) is 0 Å². The van der Waals surface area contributed by atoms with Gasteiger partial charge in [0, 0.05) is 17.8 Å². The van der Waals surface area contributed by atoms with Crippen molar-refractivity contribution in [2.24, 2.45) is 0 Å². The first-order chi connectivity index (χ1) is 15.8. The number of carbonyl (C=O) groups excluding carboxylic acids is 2. The van der Waals surface area contributed by atoms with Gasteiger partial charge in [0.15, 0.2) is 0 Å². The van der Waals surface area contributed by atoms with E-state index < -0.39 is 22.6 Å². The van der Waals surface area contributed by atoms with Crippen molar-refractivity contribution in [3.63, 3.8) is 0 Å². The van der Waals surface area contributed by atoms with Gasteiger partial charge in [-0.2, -0.15) is 0 Å². The summed E-state index contributed by atoms with van der Waals surface area (Å²) in [4.78, 5) is 37.9. The molecule has 0 atom stereocenters. The van der Waals surface area contributed by atoms with Gasteiger partial charge in [-0.05, 0) is 54.1 Å². The molecule has 0 radical (unpaired) electrons. The Morgan fingerprint density at radius 2 is 1.76 bits per heavy atom. The summed E-state index contributed by atoms with van der Waals surface area (Å²) in [6.07, 6.45) is 0. The van der Waals surface area contributed by atoms with Crippen molar-refractivity contribution < 1.29 is 23.6 Å². The van der Waals surface area contributed by atoms with Crippen molar-refractivity contribution in [3.05, 3.63) is 98.9 Å². The van der Waals surface area contributed by atoms with E-state index in [4.69, 9.17) is 16.3 Å². The molecule has 0 fully saturated rings. The summed E-state index contributed by atoms with van der Waals surface area (Å²) < 4.78 is 18.9. The minimum absolute atomic E-state index is 0.0221. The summed E-state index contributed by atoms with van der Waals surface area (Å²) >= 11 is 6.17. The summed E-state index contributed by atoms with van der Waals surface area (Å²) in [5, 5.41) is 14.2. The predicted octanol–water partition coefficient (Wildman–Crippen LogP) is 4.79. The lowest BCUT2D eigenvalue weighted by atomic mass is 10.0. The van der Waals surface area contributed by atoms with Gasteiger partial charge < -0.3 is 10.1 Å². The number of nitro groups is 1. The van der Waals surface area contributed by atoms with E-state index in [-0.39, 0.29) is 33.2 Å². The number of methoxy groups -OCH3 is 1. The Balaban J connectivity index is 1.82. The van der Waals surface area contributed by atoms with Crippen LogP contribution >= 0.6 is 11.6 Å². The van der Waals surface area contributed by atoms with Crippen LogP contribution in [0, 0.1) is 15.9 Å². The molecule has 0 aromatic heterocycles. The molecule has 1 N–H and O–H groups in total. The molecule has 1 aliphatic heterocycles. The Bertz CT molecular complexity index is 1320. The third-order valence-electron chi connectivity index (χ3n) is 4.94. The van der Waals surface area contributed by atoms with E-state index in [1.807, 2.05) is 0 Å². The second kappa shape index (κ2) is 8.71. The van der Waals surface area contributed by atoms with Gasteiger partial charge in [0.05, 0.1) is 28.3 Å². The van der Waals surface area contributed by atoms with Crippen LogP contribution in [0.1, 0.15) is 5.56 Å². The monoisotopic (exact) mass is 467 g/mol. The van der Waals surface area contributed by atoms with Crippen LogP contribution in [0.5, 0.6) is 5.75 Å². The zero-order valence-electron chi connectivity index (χ0n) is 17.0. The summed E-state index contributed by atoms with van der Waals surface area (Å²) in [5.41, 5.74) is 0.450. The van der Waals surface area contributed by atoms with E-state index in [0.29, 0.717) is 11.4 Å². The quantitative estimate of drug-likeness (QED) is 0.317. The van der Waals surface area contributed by atoms with E-state index in [1.165, 1.54) is 55.6 Å². The smallest absolute Gasteiger partial charge is 0.282 e. The maximum atomic E-state index is 13.8. The number of rotatable bonds is 6. The maximum absolute atomic E-state index is 13.8. The molecule has 0 spiro atoms. The average Bonchev–Trinajstić information content (AvgIpc) is 3.03. The Morgan fingerprint density at radius 3 is 2.36 bits per heavy atom. The number of nitro benzene ring substituents is 1. The fourth-order valence-electron chi connectivity index (χ4n) is 3.40. The molecule has 33 heavy (non-hydrogen) atoms. The lowest BCUT2D eigenvalue weighted by molar-refractivity contribution is -0.384. The number of amides is 2. The second-order valence-electron chi connectivity index (χ2n) is 6.95. The number of nitrogens with zero attached hydrogens (tertiary/aromatic N) is 2. The Labute approximate surface area is 192 Å². The highest BCUT2D eigenvalue weighted by atomic mass is 35.5. The van der Waals surface area contributed by atoms with Gasteiger partial charge in [-0.3, -0.25) is 19.7 Å². The Morgan fingerprint density at radius 1 is 1.03 bits per heavy atom. The molecule has 8 nitrogen and oxygen atoms in total. The molecule has 4 rings (SSSR count). The number of hydrogen-bond donors (Lipinski definition) is 1. The lowest BCUT2D eigenvalue weighted by Gasteiger charge is -2.15. The Kier molecular flexibility index (Phi) is 5.80. The zero-order chi connectivity index (χ0) is 23.7. The number of halogens is 2. The highest BCUT2D eigenvalue weighted by Gasteiger charge is 2.40. The summed E-state index contributed by atoms with van der Waals surface area (Å²) in [7, 11) is 1.46. The van der Waals surface area contributed by atoms with Crippen LogP contribution in [0.2, 0.25) is 5.02 Å². The first-order valence-electron chi connectivity index (χ1n) is 9.54. The van der Waals surface area contributed by atoms with Gasteiger partial charge in [-0.15, -0.1) is 0 Å². The van der Waals surface area contributed by atoms with Crippen LogP contribution in [0.15, 0.2) is 72.4 Å². The number of hydrogen-bond acceptors (Lipinski definition) is 6. The molecular weight excluding hydrogens is 453 g/mol. The summed E-state index contributed by atoms with van der Waals surface area (Å²) in [6, 6.07) is 15.0. The molecule has 1 aliphatic rings. The van der Waals surface area contributed by atoms with Gasteiger partial charge in [0.1, 0.15) is 17.3 Å². The number of ether oxygens (including phenoxy) is 1. The third kappa shape index (κ3) is 4.13. The molecule has 0 bridgehead atoms. The molecule has 1 heterocycles. The number of anilines is 2. The van der Waals surface area contributed by atoms with Crippen molar-refractivity contribution in [1.29, 1.82) is 0 Å². The van der Waals surface area contributed by atoms with Gasteiger partial charge in [0.25, 0.3) is 17.5 Å². The summed E-state index contributed by atoms with van der Waals surface area (Å²) in [6.45, 7) is 0. The molecule has 0 saturated heterocycles. The highest BCUT2D eigenvalue weighted by Crippen LogP contribution is 2.35. The number of imide groups is 1. The minimum Gasteiger partial charge on any atom is -0.495 e. The third-order valence-corrected chi connectivity index (χ3v) is 5.23. The van der Waals surface area contributed by atoms with E-state index in [2.05, 4.69) is 5.32 Å². The van der Waals surface area contributed by atoms with Crippen molar-refractivity contribution in [2.75, 3.05) is 17.3 Å². The topological polar surface area (TPSA) is 102 Å². The number of nitrogens with one attached hydrogen (secondary N) is 1. The molecule has 3 aromatic rings. The Hall–Kier alpha value is -4.24. The SMILES string of the molecule is COc1ccc(NC2=C(c3ccc([N+](=O)[O-])cc3)C(=O)N(c3cccc(F)c3)C2=O)cc1Cl. The first-order valence-corrected chi connectivity index (χ1v) is 9.92. The average molecular weight is 468 g/mol. The molecule has 0 saturated carbocycles. The van der Waals surface area contributed by atoms with E-state index in [0.717, 1.165) is 11.0 Å². The van der Waals surface area contributed by atoms with Crippen LogP contribution < -0.4 is 15.0 Å². The second-order valence-corrected chi connectivity index (χ2v) is 7.36. The normalized spacial score (nSPS) is 13.5. The molecule has 166 valence electrons. The minimum atomic E-state index is -0.717. The number of non-ortho nitro benzene ring substituents is 1. The van der Waals surface area contributed by atoms with Crippen molar-refractivity contribution in [2.45, 2.75) is 0 Å². The lowest BCUT2D eigenvalue weighted by Crippen LogP contribution is -2.32. The fraction of sp³-hybridized carbons (Fsp3) is 0.0435. The van der Waals surface area contributed by atoms with Crippen molar-refractivity contribution in [3.8, 4) is 5.75 Å². The molecule has 0 aliphatic carbocycles. The van der Waals surface area contributed by atoms with Crippen LogP contribution in [0.25, 0.3) is 5.57 Å². The van der Waals surface area contributed by atoms with Gasteiger partial charge in [-0.1, -0.05) is 17.7 Å². The molecular formula is C23H15ClFN3O5. The van der Waals surface area contributed by atoms with Crippen LogP contribution in [-0.4, -0.2) is 23.8 Å². The van der Waals surface area contributed by atoms with Crippen molar-refractivity contribution >= 4 is 46.1 Å². The molecule has 10 heteroatoms. The van der Waals surface area contributed by atoms with Gasteiger partial charge >= 0.3 is 0 Å². The first kappa shape index (κ1) is 22.0. The van der Waals surface area contributed by atoms with Crippen LogP contribution in [-0.2, 0) is 9.59 Å². The van der Waals surface area contributed by atoms with Gasteiger partial charge in [-0.25, -0.2) is 9.29 Å². The standard InChI is InChI=1S/C23H15ClFN3O5/c1-33-19-10-7-15(12-18(19)24)26-21-20(13-5-8-16(9-6-13)28(31)32)22(29)27(23(21)30)17-4-2-3-14(25)11-17/h2-12,26H,1H3. The van der Waals surface area contributed by atoms with E-state index in [1.54, 1.807) is 12.1 Å². The number of carbonyl (C=O) groups is 2. The van der Waals surface area contributed by atoms with Crippen molar-refractivity contribution in [1.82, 2.24) is 0 Å². The zero-order valence-corrected chi connectivity index (χ0v) is 17.8. The largest absolute Gasteiger partial charge is 0.495 e. The molecule has 3 aromatic carbocycles. The molecule has 0 unspecified atom stereocenters. The van der Waals surface area contributed by atoms with E-state index >= 15 is 0 Å². The molecule has 2 amide bonds. The van der Waals surface area contributed by atoms with Crippen LogP contribution in [0.3, 0.4) is 0 Å². The maximum Gasteiger partial charge on any atom is 0.282 e. The fourth-order valence-corrected chi connectivity index (χ4v) is 3.66. The van der Waals surface area contributed by atoms with Crippen LogP contribution in [0.4, 0.5) is 21.5 Å². The highest BCUT2D eigenvalue weighted by molar-refractivity contribution is 6.46. The number of benzene rings is 3. The van der Waals surface area contributed by atoms with E-state index in [9.17, 15) is 24.1 Å². The summed E-state index contributed by atoms with van der Waals surface area (Å²) in [5.74, 6) is -1.62. The predicted molar refractivity (Wildman–Crippen MR) is 121 cm³/mol.